The quantitative estimate of drug-likeness (QED) is 0.453. The standard InChI is InChI=1S/C22H22N2O/c1-2-22-23-19-12-5-6-13-20(19)24(22)15-8-16-25-21-14-7-10-17-9-3-4-11-18(17)21/h3-7,9-14H,2,8,15-16H2,1H3. The van der Waals surface area contributed by atoms with E-state index in [9.17, 15) is 0 Å². The van der Waals surface area contributed by atoms with Gasteiger partial charge in [-0.2, -0.15) is 0 Å². The van der Waals surface area contributed by atoms with Crippen LogP contribution < -0.4 is 4.74 Å². The third-order valence-electron chi connectivity index (χ3n) is 4.58. The summed E-state index contributed by atoms with van der Waals surface area (Å²) in [6.07, 6.45) is 1.90. The molecule has 0 saturated carbocycles. The Hall–Kier alpha value is -2.81. The number of hydrogen-bond donors (Lipinski definition) is 0. The fourth-order valence-corrected chi connectivity index (χ4v) is 3.37. The summed E-state index contributed by atoms with van der Waals surface area (Å²) in [5, 5.41) is 2.39. The number of hydrogen-bond acceptors (Lipinski definition) is 2. The van der Waals surface area contributed by atoms with E-state index in [1.807, 2.05) is 12.1 Å². The van der Waals surface area contributed by atoms with Crippen molar-refractivity contribution >= 4 is 21.8 Å². The number of aromatic nitrogens is 2. The molecule has 0 saturated heterocycles. The van der Waals surface area contributed by atoms with Gasteiger partial charge in [-0.25, -0.2) is 4.98 Å². The first kappa shape index (κ1) is 15.7. The molecule has 0 unspecified atom stereocenters. The van der Waals surface area contributed by atoms with E-state index in [0.717, 1.165) is 36.5 Å². The van der Waals surface area contributed by atoms with Crippen LogP contribution in [-0.2, 0) is 13.0 Å². The molecule has 0 aliphatic heterocycles. The molecule has 0 bridgehead atoms. The average Bonchev–Trinajstić information content (AvgIpc) is 3.03. The second kappa shape index (κ2) is 6.98. The topological polar surface area (TPSA) is 27.1 Å². The molecule has 3 nitrogen and oxygen atoms in total. The van der Waals surface area contributed by atoms with Crippen LogP contribution in [0, 0.1) is 0 Å². The van der Waals surface area contributed by atoms with Crippen LogP contribution in [0.5, 0.6) is 5.75 Å². The minimum atomic E-state index is 0.698. The lowest BCUT2D eigenvalue weighted by Crippen LogP contribution is -2.07. The number of aryl methyl sites for hydroxylation is 2. The van der Waals surface area contributed by atoms with Crippen molar-refractivity contribution in [2.24, 2.45) is 0 Å². The molecule has 126 valence electrons. The zero-order valence-electron chi connectivity index (χ0n) is 14.5. The van der Waals surface area contributed by atoms with Crippen LogP contribution in [0.25, 0.3) is 21.8 Å². The van der Waals surface area contributed by atoms with Gasteiger partial charge in [0.25, 0.3) is 0 Å². The van der Waals surface area contributed by atoms with E-state index in [4.69, 9.17) is 9.72 Å². The van der Waals surface area contributed by atoms with Crippen molar-refractivity contribution in [1.82, 2.24) is 9.55 Å². The summed E-state index contributed by atoms with van der Waals surface area (Å²) in [6, 6.07) is 22.9. The van der Waals surface area contributed by atoms with E-state index in [2.05, 4.69) is 66.1 Å². The maximum absolute atomic E-state index is 6.07. The van der Waals surface area contributed by atoms with Crippen molar-refractivity contribution in [3.63, 3.8) is 0 Å². The molecule has 0 amide bonds. The van der Waals surface area contributed by atoms with Crippen LogP contribution in [0.15, 0.2) is 66.7 Å². The van der Waals surface area contributed by atoms with Gasteiger partial charge in [-0.3, -0.25) is 0 Å². The number of fused-ring (bicyclic) bond motifs is 2. The SMILES string of the molecule is CCc1nc2ccccc2n1CCCOc1cccc2ccccc12. The number of ether oxygens (including phenoxy) is 1. The first-order chi connectivity index (χ1) is 12.4. The monoisotopic (exact) mass is 330 g/mol. The minimum Gasteiger partial charge on any atom is -0.493 e. The Kier molecular flexibility index (Phi) is 4.38. The molecule has 0 aliphatic carbocycles. The Morgan fingerprint density at radius 3 is 2.64 bits per heavy atom. The molecule has 0 N–H and O–H groups in total. The normalized spacial score (nSPS) is 11.2. The highest BCUT2D eigenvalue weighted by Gasteiger charge is 2.08. The van der Waals surface area contributed by atoms with Crippen molar-refractivity contribution < 1.29 is 4.74 Å². The third kappa shape index (κ3) is 3.10. The molecule has 25 heavy (non-hydrogen) atoms. The molecule has 3 heteroatoms. The van der Waals surface area contributed by atoms with E-state index in [-0.39, 0.29) is 0 Å². The molecule has 0 atom stereocenters. The highest BCUT2D eigenvalue weighted by Crippen LogP contribution is 2.25. The van der Waals surface area contributed by atoms with E-state index in [0.29, 0.717) is 6.61 Å². The van der Waals surface area contributed by atoms with Crippen LogP contribution >= 0.6 is 0 Å². The summed E-state index contributed by atoms with van der Waals surface area (Å²) >= 11 is 0. The number of nitrogens with zero attached hydrogens (tertiary/aromatic N) is 2. The molecular formula is C22H22N2O. The maximum atomic E-state index is 6.07. The summed E-state index contributed by atoms with van der Waals surface area (Å²) in [6.45, 7) is 3.78. The molecule has 1 heterocycles. The van der Waals surface area contributed by atoms with Gasteiger partial charge in [0.05, 0.1) is 17.6 Å². The lowest BCUT2D eigenvalue weighted by Gasteiger charge is -2.11. The Morgan fingerprint density at radius 2 is 1.72 bits per heavy atom. The largest absolute Gasteiger partial charge is 0.493 e. The fraction of sp³-hybridized carbons (Fsp3) is 0.227. The van der Waals surface area contributed by atoms with Crippen molar-refractivity contribution in [2.45, 2.75) is 26.3 Å². The molecule has 0 radical (unpaired) electrons. The summed E-state index contributed by atoms with van der Waals surface area (Å²) in [7, 11) is 0. The zero-order valence-corrected chi connectivity index (χ0v) is 14.5. The summed E-state index contributed by atoms with van der Waals surface area (Å²) in [5.74, 6) is 2.11. The first-order valence-electron chi connectivity index (χ1n) is 8.91. The van der Waals surface area contributed by atoms with Gasteiger partial charge in [0.2, 0.25) is 0 Å². The van der Waals surface area contributed by atoms with Gasteiger partial charge in [0.15, 0.2) is 0 Å². The number of benzene rings is 3. The van der Waals surface area contributed by atoms with Crippen molar-refractivity contribution in [2.75, 3.05) is 6.61 Å². The van der Waals surface area contributed by atoms with Crippen LogP contribution in [0.1, 0.15) is 19.2 Å². The second-order valence-corrected chi connectivity index (χ2v) is 6.20. The molecular weight excluding hydrogens is 308 g/mol. The first-order valence-corrected chi connectivity index (χ1v) is 8.91. The molecule has 4 rings (SSSR count). The predicted octanol–water partition coefficient (Wildman–Crippen LogP) is 5.22. The van der Waals surface area contributed by atoms with Gasteiger partial charge in [0.1, 0.15) is 11.6 Å². The highest BCUT2D eigenvalue weighted by atomic mass is 16.5. The van der Waals surface area contributed by atoms with Crippen LogP contribution in [0.3, 0.4) is 0 Å². The molecule has 0 spiro atoms. The molecule has 1 aromatic heterocycles. The van der Waals surface area contributed by atoms with E-state index >= 15 is 0 Å². The average molecular weight is 330 g/mol. The third-order valence-corrected chi connectivity index (χ3v) is 4.58. The summed E-state index contributed by atoms with van der Waals surface area (Å²) < 4.78 is 8.39. The van der Waals surface area contributed by atoms with Gasteiger partial charge < -0.3 is 9.30 Å². The molecule has 3 aromatic carbocycles. The zero-order chi connectivity index (χ0) is 17.1. The van der Waals surface area contributed by atoms with Crippen molar-refractivity contribution in [1.29, 1.82) is 0 Å². The minimum absolute atomic E-state index is 0.698. The Balaban J connectivity index is 1.46. The Morgan fingerprint density at radius 1 is 0.920 bits per heavy atom. The van der Waals surface area contributed by atoms with Crippen LogP contribution in [0.2, 0.25) is 0 Å². The Labute approximate surface area is 147 Å². The van der Waals surface area contributed by atoms with E-state index in [1.165, 1.54) is 16.3 Å². The van der Waals surface area contributed by atoms with Gasteiger partial charge in [-0.05, 0) is 30.0 Å². The lowest BCUT2D eigenvalue weighted by molar-refractivity contribution is 0.305. The number of rotatable bonds is 6. The van der Waals surface area contributed by atoms with Gasteiger partial charge >= 0.3 is 0 Å². The van der Waals surface area contributed by atoms with E-state index in [1.54, 1.807) is 0 Å². The highest BCUT2D eigenvalue weighted by molar-refractivity contribution is 5.88. The fourth-order valence-electron chi connectivity index (χ4n) is 3.37. The lowest BCUT2D eigenvalue weighted by atomic mass is 10.1. The smallest absolute Gasteiger partial charge is 0.127 e. The number of para-hydroxylation sites is 2. The van der Waals surface area contributed by atoms with Crippen molar-refractivity contribution in [3.8, 4) is 5.75 Å². The van der Waals surface area contributed by atoms with E-state index < -0.39 is 0 Å². The molecule has 0 aliphatic rings. The molecule has 0 fully saturated rings. The maximum Gasteiger partial charge on any atom is 0.127 e. The van der Waals surface area contributed by atoms with Crippen LogP contribution in [0.4, 0.5) is 0 Å². The number of imidazole rings is 1. The summed E-state index contributed by atoms with van der Waals surface area (Å²) in [5.41, 5.74) is 2.29. The Bertz CT molecular complexity index is 998. The van der Waals surface area contributed by atoms with Crippen LogP contribution in [-0.4, -0.2) is 16.2 Å². The summed E-state index contributed by atoms with van der Waals surface area (Å²) in [4.78, 5) is 4.73. The molecule has 4 aromatic rings. The predicted molar refractivity (Wildman–Crippen MR) is 103 cm³/mol. The van der Waals surface area contributed by atoms with Gasteiger partial charge in [-0.1, -0.05) is 55.5 Å². The van der Waals surface area contributed by atoms with Gasteiger partial charge in [0, 0.05) is 18.4 Å². The van der Waals surface area contributed by atoms with Crippen molar-refractivity contribution in [3.05, 3.63) is 72.6 Å². The van der Waals surface area contributed by atoms with Gasteiger partial charge in [-0.15, -0.1) is 0 Å². The second-order valence-electron chi connectivity index (χ2n) is 6.20.